The van der Waals surface area contributed by atoms with Crippen molar-refractivity contribution in [2.75, 3.05) is 31.9 Å². The second-order valence-electron chi connectivity index (χ2n) is 5.66. The van der Waals surface area contributed by atoms with Crippen LogP contribution in [0.25, 0.3) is 0 Å². The number of likely N-dealkylation sites (tertiary alicyclic amines) is 1. The van der Waals surface area contributed by atoms with E-state index >= 15 is 0 Å². The number of guanidine groups is 1. The number of aliphatic hydroxyl groups is 1. The van der Waals surface area contributed by atoms with Crippen molar-refractivity contribution >= 4 is 17.7 Å². The Morgan fingerprint density at radius 1 is 1.41 bits per heavy atom. The summed E-state index contributed by atoms with van der Waals surface area (Å²) in [6.07, 6.45) is 0.631. The predicted molar refractivity (Wildman–Crippen MR) is 95.5 cm³/mol. The fourth-order valence-corrected chi connectivity index (χ4v) is 3.24. The summed E-state index contributed by atoms with van der Waals surface area (Å²) in [5.41, 5.74) is 2.68. The van der Waals surface area contributed by atoms with Crippen LogP contribution in [0.5, 0.6) is 0 Å². The van der Waals surface area contributed by atoms with Crippen LogP contribution < -0.4 is 5.32 Å². The smallest absolute Gasteiger partial charge is 0.194 e. The van der Waals surface area contributed by atoms with Gasteiger partial charge in [0.2, 0.25) is 0 Å². The zero-order valence-corrected chi connectivity index (χ0v) is 14.4. The standard InChI is InChI=1S/C17H27N3OS/c1-3-18-17(20-10-8-16(21)12-20)19-9-11-22-13-15-6-4-14(2)5-7-15/h4-7,16,21H,3,8-13H2,1-2H3,(H,18,19)/t16-/m1/s1. The maximum atomic E-state index is 9.64. The van der Waals surface area contributed by atoms with E-state index in [4.69, 9.17) is 0 Å². The van der Waals surface area contributed by atoms with Gasteiger partial charge in [-0.25, -0.2) is 0 Å². The lowest BCUT2D eigenvalue weighted by atomic mass is 10.2. The molecule has 2 N–H and O–H groups in total. The van der Waals surface area contributed by atoms with Gasteiger partial charge >= 0.3 is 0 Å². The van der Waals surface area contributed by atoms with Crippen LogP contribution in [0.3, 0.4) is 0 Å². The molecule has 1 aliphatic rings. The molecule has 0 amide bonds. The Labute approximate surface area is 138 Å². The number of aliphatic hydroxyl groups excluding tert-OH is 1. The lowest BCUT2D eigenvalue weighted by Crippen LogP contribution is -2.40. The highest BCUT2D eigenvalue weighted by molar-refractivity contribution is 7.98. The molecule has 122 valence electrons. The number of hydrogen-bond acceptors (Lipinski definition) is 3. The van der Waals surface area contributed by atoms with Crippen LogP contribution in [-0.4, -0.2) is 54.0 Å². The first kappa shape index (κ1) is 17.2. The first-order valence-corrected chi connectivity index (χ1v) is 9.19. The molecule has 1 heterocycles. The Hall–Kier alpha value is -1.20. The molecule has 0 aliphatic carbocycles. The van der Waals surface area contributed by atoms with Crippen LogP contribution >= 0.6 is 11.8 Å². The second-order valence-corrected chi connectivity index (χ2v) is 6.77. The lowest BCUT2D eigenvalue weighted by molar-refractivity contribution is 0.188. The van der Waals surface area contributed by atoms with E-state index in [1.807, 2.05) is 11.8 Å². The summed E-state index contributed by atoms with van der Waals surface area (Å²) in [5, 5.41) is 13.0. The van der Waals surface area contributed by atoms with Gasteiger partial charge in [-0.1, -0.05) is 29.8 Å². The van der Waals surface area contributed by atoms with Crippen molar-refractivity contribution in [3.8, 4) is 0 Å². The Balaban J connectivity index is 1.73. The molecule has 0 bridgehead atoms. The van der Waals surface area contributed by atoms with Crippen LogP contribution in [0.2, 0.25) is 0 Å². The summed E-state index contributed by atoms with van der Waals surface area (Å²) in [7, 11) is 0. The van der Waals surface area contributed by atoms with Gasteiger partial charge in [0.1, 0.15) is 0 Å². The first-order valence-electron chi connectivity index (χ1n) is 8.03. The fraction of sp³-hybridized carbons (Fsp3) is 0.588. The molecule has 0 aromatic heterocycles. The number of nitrogens with zero attached hydrogens (tertiary/aromatic N) is 2. The van der Waals surface area contributed by atoms with E-state index in [-0.39, 0.29) is 6.10 Å². The fourth-order valence-electron chi connectivity index (χ4n) is 2.45. The molecule has 1 aromatic rings. The SMILES string of the molecule is CCNC(=NCCSCc1ccc(C)cc1)N1CC[C@@H](O)C1. The Bertz CT molecular complexity index is 475. The van der Waals surface area contributed by atoms with Crippen LogP contribution in [0.4, 0.5) is 0 Å². The molecule has 5 heteroatoms. The number of rotatable bonds is 6. The summed E-state index contributed by atoms with van der Waals surface area (Å²) in [6.45, 7) is 7.45. The molecule has 1 fully saturated rings. The molecule has 0 unspecified atom stereocenters. The predicted octanol–water partition coefficient (Wildman–Crippen LogP) is 2.26. The monoisotopic (exact) mass is 321 g/mol. The normalized spacial score (nSPS) is 18.8. The van der Waals surface area contributed by atoms with Gasteiger partial charge in [-0.05, 0) is 25.8 Å². The second kappa shape index (κ2) is 9.06. The quantitative estimate of drug-likeness (QED) is 0.479. The number of β-amino-alcohol motifs (C(OH)–C–C–N with tert-alkyl or cyclic N) is 1. The molecular formula is C17H27N3OS. The van der Waals surface area contributed by atoms with Crippen LogP contribution in [0, 0.1) is 6.92 Å². The molecule has 4 nitrogen and oxygen atoms in total. The third kappa shape index (κ3) is 5.54. The third-order valence-corrected chi connectivity index (χ3v) is 4.69. The van der Waals surface area contributed by atoms with E-state index in [1.165, 1.54) is 11.1 Å². The van der Waals surface area contributed by atoms with Crippen molar-refractivity contribution in [3.63, 3.8) is 0 Å². The van der Waals surface area contributed by atoms with E-state index < -0.39 is 0 Å². The number of thioether (sulfide) groups is 1. The maximum Gasteiger partial charge on any atom is 0.194 e. The van der Waals surface area contributed by atoms with Crippen LogP contribution in [0.1, 0.15) is 24.5 Å². The van der Waals surface area contributed by atoms with Crippen molar-refractivity contribution in [1.82, 2.24) is 10.2 Å². The van der Waals surface area contributed by atoms with Gasteiger partial charge in [-0.15, -0.1) is 0 Å². The third-order valence-electron chi connectivity index (χ3n) is 3.68. The number of nitrogens with one attached hydrogen (secondary N) is 1. The zero-order valence-electron chi connectivity index (χ0n) is 13.6. The first-order chi connectivity index (χ1) is 10.7. The van der Waals surface area contributed by atoms with Gasteiger partial charge in [-0.3, -0.25) is 4.99 Å². The van der Waals surface area contributed by atoms with Crippen LogP contribution in [0.15, 0.2) is 29.3 Å². The van der Waals surface area contributed by atoms with Gasteiger partial charge in [0.15, 0.2) is 5.96 Å². The maximum absolute atomic E-state index is 9.64. The van der Waals surface area contributed by atoms with Gasteiger partial charge in [0.05, 0.1) is 12.6 Å². The molecule has 2 rings (SSSR count). The summed E-state index contributed by atoms with van der Waals surface area (Å²) < 4.78 is 0. The highest BCUT2D eigenvalue weighted by atomic mass is 32.2. The molecule has 0 saturated carbocycles. The highest BCUT2D eigenvalue weighted by Crippen LogP contribution is 2.13. The van der Waals surface area contributed by atoms with Crippen molar-refractivity contribution in [2.24, 2.45) is 4.99 Å². The Kier molecular flexibility index (Phi) is 7.06. The molecule has 0 spiro atoms. The molecule has 1 atom stereocenters. The van der Waals surface area contributed by atoms with E-state index in [0.29, 0.717) is 6.54 Å². The number of benzene rings is 1. The van der Waals surface area contributed by atoms with Gasteiger partial charge in [-0.2, -0.15) is 11.8 Å². The van der Waals surface area contributed by atoms with Gasteiger partial charge in [0.25, 0.3) is 0 Å². The van der Waals surface area contributed by atoms with Gasteiger partial charge < -0.3 is 15.3 Å². The van der Waals surface area contributed by atoms with Crippen molar-refractivity contribution in [3.05, 3.63) is 35.4 Å². The van der Waals surface area contributed by atoms with Crippen molar-refractivity contribution in [1.29, 1.82) is 0 Å². The number of aliphatic imine (C=N–C) groups is 1. The van der Waals surface area contributed by atoms with Crippen LogP contribution in [-0.2, 0) is 5.75 Å². The molecule has 1 aromatic carbocycles. The molecule has 22 heavy (non-hydrogen) atoms. The Morgan fingerprint density at radius 2 is 2.18 bits per heavy atom. The lowest BCUT2D eigenvalue weighted by Gasteiger charge is -2.20. The molecular weight excluding hydrogens is 294 g/mol. The van der Waals surface area contributed by atoms with E-state index in [0.717, 1.165) is 43.5 Å². The average molecular weight is 321 g/mol. The van der Waals surface area contributed by atoms with E-state index in [1.54, 1.807) is 0 Å². The topological polar surface area (TPSA) is 47.9 Å². The minimum Gasteiger partial charge on any atom is -0.391 e. The van der Waals surface area contributed by atoms with Crippen molar-refractivity contribution < 1.29 is 5.11 Å². The zero-order chi connectivity index (χ0) is 15.8. The summed E-state index contributed by atoms with van der Waals surface area (Å²) >= 11 is 1.91. The van der Waals surface area contributed by atoms with E-state index in [9.17, 15) is 5.11 Å². The highest BCUT2D eigenvalue weighted by Gasteiger charge is 2.22. The minimum atomic E-state index is -0.209. The summed E-state index contributed by atoms with van der Waals surface area (Å²) in [4.78, 5) is 6.83. The largest absolute Gasteiger partial charge is 0.391 e. The molecule has 1 aliphatic heterocycles. The van der Waals surface area contributed by atoms with Crippen molar-refractivity contribution in [2.45, 2.75) is 32.1 Å². The molecule has 0 radical (unpaired) electrons. The number of hydrogen-bond donors (Lipinski definition) is 2. The minimum absolute atomic E-state index is 0.209. The molecule has 1 saturated heterocycles. The number of aryl methyl sites for hydroxylation is 1. The summed E-state index contributed by atoms with van der Waals surface area (Å²) in [5.74, 6) is 2.99. The summed E-state index contributed by atoms with van der Waals surface area (Å²) in [6, 6.07) is 8.72. The van der Waals surface area contributed by atoms with Gasteiger partial charge in [0, 0.05) is 31.1 Å². The Morgan fingerprint density at radius 3 is 2.82 bits per heavy atom. The average Bonchev–Trinajstić information content (AvgIpc) is 2.94. The van der Waals surface area contributed by atoms with E-state index in [2.05, 4.69) is 53.3 Å².